The standard InChI is InChI=1S/C16H17NO3/c1-19-16(18)14-12-17-10-9-15(14)20-11-5-8-13-6-3-2-4-7-13/h2-4,6-7,9-10,12H,5,8,11H2,1H3. The second-order valence-corrected chi connectivity index (χ2v) is 4.30. The molecule has 0 spiro atoms. The third-order valence-electron chi connectivity index (χ3n) is 2.90. The molecular weight excluding hydrogens is 254 g/mol. The summed E-state index contributed by atoms with van der Waals surface area (Å²) in [5.41, 5.74) is 1.63. The minimum atomic E-state index is -0.434. The Morgan fingerprint density at radius 3 is 2.75 bits per heavy atom. The van der Waals surface area contributed by atoms with Crippen LogP contribution >= 0.6 is 0 Å². The summed E-state index contributed by atoms with van der Waals surface area (Å²) >= 11 is 0. The van der Waals surface area contributed by atoms with Gasteiger partial charge < -0.3 is 9.47 Å². The number of esters is 1. The van der Waals surface area contributed by atoms with Gasteiger partial charge in [-0.1, -0.05) is 30.3 Å². The lowest BCUT2D eigenvalue weighted by Crippen LogP contribution is -2.07. The zero-order valence-corrected chi connectivity index (χ0v) is 11.4. The van der Waals surface area contributed by atoms with Crippen molar-refractivity contribution in [3.63, 3.8) is 0 Å². The summed E-state index contributed by atoms with van der Waals surface area (Å²) in [4.78, 5) is 15.5. The second kappa shape index (κ2) is 7.28. The highest BCUT2D eigenvalue weighted by Gasteiger charge is 2.12. The predicted molar refractivity (Wildman–Crippen MR) is 75.8 cm³/mol. The van der Waals surface area contributed by atoms with Gasteiger partial charge in [0.1, 0.15) is 11.3 Å². The molecule has 0 saturated heterocycles. The van der Waals surface area contributed by atoms with E-state index in [9.17, 15) is 4.79 Å². The van der Waals surface area contributed by atoms with Crippen molar-refractivity contribution in [2.75, 3.05) is 13.7 Å². The van der Waals surface area contributed by atoms with Gasteiger partial charge in [-0.3, -0.25) is 4.98 Å². The second-order valence-electron chi connectivity index (χ2n) is 4.30. The average molecular weight is 271 g/mol. The summed E-state index contributed by atoms with van der Waals surface area (Å²) in [6, 6.07) is 11.9. The molecule has 4 nitrogen and oxygen atoms in total. The van der Waals surface area contributed by atoms with E-state index in [2.05, 4.69) is 17.1 Å². The molecule has 2 rings (SSSR count). The lowest BCUT2D eigenvalue weighted by atomic mass is 10.1. The van der Waals surface area contributed by atoms with Crippen LogP contribution in [-0.4, -0.2) is 24.7 Å². The SMILES string of the molecule is COC(=O)c1cnccc1OCCCc1ccccc1. The van der Waals surface area contributed by atoms with Crippen LogP contribution < -0.4 is 4.74 Å². The van der Waals surface area contributed by atoms with Gasteiger partial charge in [0.2, 0.25) is 0 Å². The highest BCUT2D eigenvalue weighted by Crippen LogP contribution is 2.17. The zero-order chi connectivity index (χ0) is 14.2. The lowest BCUT2D eigenvalue weighted by molar-refractivity contribution is 0.0595. The maximum absolute atomic E-state index is 11.5. The van der Waals surface area contributed by atoms with Gasteiger partial charge in [0.05, 0.1) is 13.7 Å². The van der Waals surface area contributed by atoms with Crippen molar-refractivity contribution < 1.29 is 14.3 Å². The van der Waals surface area contributed by atoms with E-state index in [1.54, 1.807) is 12.3 Å². The van der Waals surface area contributed by atoms with Gasteiger partial charge in [-0.2, -0.15) is 0 Å². The number of ether oxygens (including phenoxy) is 2. The van der Waals surface area contributed by atoms with Gasteiger partial charge >= 0.3 is 5.97 Å². The van der Waals surface area contributed by atoms with Crippen molar-refractivity contribution >= 4 is 5.97 Å². The van der Waals surface area contributed by atoms with E-state index in [-0.39, 0.29) is 0 Å². The Balaban J connectivity index is 1.87. The third kappa shape index (κ3) is 3.82. The molecule has 104 valence electrons. The van der Waals surface area contributed by atoms with Crippen molar-refractivity contribution in [1.82, 2.24) is 4.98 Å². The first-order chi connectivity index (χ1) is 9.81. The number of methoxy groups -OCH3 is 1. The van der Waals surface area contributed by atoms with Crippen LogP contribution in [0.15, 0.2) is 48.8 Å². The molecule has 1 aromatic heterocycles. The van der Waals surface area contributed by atoms with Crippen LogP contribution in [0.5, 0.6) is 5.75 Å². The first-order valence-corrected chi connectivity index (χ1v) is 6.50. The number of rotatable bonds is 6. The Bertz CT molecular complexity index is 555. The van der Waals surface area contributed by atoms with Crippen molar-refractivity contribution in [3.05, 3.63) is 59.9 Å². The first-order valence-electron chi connectivity index (χ1n) is 6.50. The first kappa shape index (κ1) is 14.1. The molecule has 0 bridgehead atoms. The van der Waals surface area contributed by atoms with Crippen LogP contribution in [0.25, 0.3) is 0 Å². The fourth-order valence-corrected chi connectivity index (χ4v) is 1.87. The Morgan fingerprint density at radius 2 is 2.00 bits per heavy atom. The van der Waals surface area contributed by atoms with Crippen molar-refractivity contribution in [3.8, 4) is 5.75 Å². The minimum Gasteiger partial charge on any atom is -0.493 e. The smallest absolute Gasteiger partial charge is 0.343 e. The van der Waals surface area contributed by atoms with Gasteiger partial charge in [-0.05, 0) is 24.5 Å². The van der Waals surface area contributed by atoms with Crippen LogP contribution in [0, 0.1) is 0 Å². The van der Waals surface area contributed by atoms with E-state index in [1.165, 1.54) is 18.9 Å². The number of benzene rings is 1. The number of carbonyl (C=O) groups excluding carboxylic acids is 1. The number of aryl methyl sites for hydroxylation is 1. The molecule has 0 aliphatic carbocycles. The molecule has 0 unspecified atom stereocenters. The summed E-state index contributed by atoms with van der Waals surface area (Å²) in [7, 11) is 1.34. The summed E-state index contributed by atoms with van der Waals surface area (Å²) in [6.07, 6.45) is 4.88. The molecule has 0 radical (unpaired) electrons. The largest absolute Gasteiger partial charge is 0.493 e. The maximum Gasteiger partial charge on any atom is 0.343 e. The summed E-state index contributed by atoms with van der Waals surface area (Å²) < 4.78 is 10.3. The van der Waals surface area contributed by atoms with Crippen LogP contribution in [0.1, 0.15) is 22.3 Å². The molecule has 0 atom stereocenters. The highest BCUT2D eigenvalue weighted by atomic mass is 16.5. The summed E-state index contributed by atoms with van der Waals surface area (Å²) in [5, 5.41) is 0. The fraction of sp³-hybridized carbons (Fsp3) is 0.250. The number of carbonyl (C=O) groups is 1. The van der Waals surface area contributed by atoms with E-state index >= 15 is 0 Å². The Morgan fingerprint density at radius 1 is 1.20 bits per heavy atom. The molecule has 2 aromatic rings. The van der Waals surface area contributed by atoms with Crippen molar-refractivity contribution in [2.45, 2.75) is 12.8 Å². The molecule has 0 amide bonds. The number of nitrogens with zero attached hydrogens (tertiary/aromatic N) is 1. The van der Waals surface area contributed by atoms with Crippen LogP contribution in [0.3, 0.4) is 0 Å². The van der Waals surface area contributed by atoms with E-state index in [0.29, 0.717) is 17.9 Å². The number of aromatic nitrogens is 1. The summed E-state index contributed by atoms with van der Waals surface area (Å²) in [6.45, 7) is 0.545. The summed E-state index contributed by atoms with van der Waals surface area (Å²) in [5.74, 6) is 0.0797. The minimum absolute atomic E-state index is 0.356. The van der Waals surface area contributed by atoms with Crippen LogP contribution in [0.4, 0.5) is 0 Å². The molecule has 1 aromatic carbocycles. The van der Waals surface area contributed by atoms with Gasteiger partial charge in [-0.25, -0.2) is 4.79 Å². The number of hydrogen-bond donors (Lipinski definition) is 0. The average Bonchev–Trinajstić information content (AvgIpc) is 2.52. The molecule has 0 saturated carbocycles. The van der Waals surface area contributed by atoms with Gasteiger partial charge in [0.25, 0.3) is 0 Å². The van der Waals surface area contributed by atoms with Crippen molar-refractivity contribution in [1.29, 1.82) is 0 Å². The quantitative estimate of drug-likeness (QED) is 0.598. The normalized spacial score (nSPS) is 10.1. The van der Waals surface area contributed by atoms with Crippen LogP contribution in [0.2, 0.25) is 0 Å². The van der Waals surface area contributed by atoms with E-state index in [0.717, 1.165) is 12.8 Å². The Labute approximate surface area is 118 Å². The van der Waals surface area contributed by atoms with Gasteiger partial charge in [-0.15, -0.1) is 0 Å². The van der Waals surface area contributed by atoms with E-state index in [4.69, 9.17) is 9.47 Å². The fourth-order valence-electron chi connectivity index (χ4n) is 1.87. The van der Waals surface area contributed by atoms with Gasteiger partial charge in [0, 0.05) is 12.4 Å². The van der Waals surface area contributed by atoms with E-state index < -0.39 is 5.97 Å². The lowest BCUT2D eigenvalue weighted by Gasteiger charge is -2.09. The van der Waals surface area contributed by atoms with Crippen molar-refractivity contribution in [2.24, 2.45) is 0 Å². The molecular formula is C16H17NO3. The zero-order valence-electron chi connectivity index (χ0n) is 11.4. The Kier molecular flexibility index (Phi) is 5.12. The van der Waals surface area contributed by atoms with E-state index in [1.807, 2.05) is 18.2 Å². The highest BCUT2D eigenvalue weighted by molar-refractivity contribution is 5.91. The number of pyridine rings is 1. The molecule has 0 aliphatic heterocycles. The maximum atomic E-state index is 11.5. The topological polar surface area (TPSA) is 48.4 Å². The number of hydrogen-bond acceptors (Lipinski definition) is 4. The molecule has 20 heavy (non-hydrogen) atoms. The molecule has 0 N–H and O–H groups in total. The molecule has 0 fully saturated rings. The predicted octanol–water partition coefficient (Wildman–Crippen LogP) is 2.88. The molecule has 1 heterocycles. The Hall–Kier alpha value is -2.36. The van der Waals surface area contributed by atoms with Gasteiger partial charge in [0.15, 0.2) is 0 Å². The monoisotopic (exact) mass is 271 g/mol. The van der Waals surface area contributed by atoms with Crippen LogP contribution in [-0.2, 0) is 11.2 Å². The molecule has 0 aliphatic rings. The third-order valence-corrected chi connectivity index (χ3v) is 2.90. The molecule has 4 heteroatoms.